The van der Waals surface area contributed by atoms with E-state index in [9.17, 15) is 8.42 Å². The van der Waals surface area contributed by atoms with Gasteiger partial charge in [-0.15, -0.1) is 0 Å². The normalized spacial score (nSPS) is 11.9. The van der Waals surface area contributed by atoms with Crippen LogP contribution >= 0.6 is 11.6 Å². The first-order chi connectivity index (χ1) is 9.77. The Hall–Kier alpha value is -1.64. The van der Waals surface area contributed by atoms with Crippen LogP contribution in [0, 0.1) is 0 Å². The maximum Gasteiger partial charge on any atom is 0.241 e. The highest BCUT2D eigenvalue weighted by Crippen LogP contribution is 2.27. The summed E-state index contributed by atoms with van der Waals surface area (Å²) in [4.78, 5) is 3.93. The maximum atomic E-state index is 11.5. The molecule has 1 aromatic carbocycles. The van der Waals surface area contributed by atoms with Gasteiger partial charge in [-0.1, -0.05) is 30.6 Å². The minimum absolute atomic E-state index is 0.0413. The smallest absolute Gasteiger partial charge is 0.241 e. The van der Waals surface area contributed by atoms with Crippen LogP contribution in [0.5, 0.6) is 5.75 Å². The van der Waals surface area contributed by atoms with Gasteiger partial charge in [0.05, 0.1) is 0 Å². The summed E-state index contributed by atoms with van der Waals surface area (Å²) >= 11 is 5.76. The first kappa shape index (κ1) is 15.7. The summed E-state index contributed by atoms with van der Waals surface area (Å²) in [6, 6.07) is 4.15. The second-order valence-corrected chi connectivity index (χ2v) is 6.59. The first-order valence-corrected chi connectivity index (χ1v) is 7.97. The van der Waals surface area contributed by atoms with Crippen LogP contribution in [0.1, 0.15) is 31.5 Å². The molecule has 0 fully saturated rings. The molecule has 9 heteroatoms. The Labute approximate surface area is 127 Å². The van der Waals surface area contributed by atoms with Crippen molar-refractivity contribution in [1.29, 1.82) is 0 Å². The lowest BCUT2D eigenvalue weighted by molar-refractivity contribution is 0.278. The number of rotatable bonds is 5. The van der Waals surface area contributed by atoms with Gasteiger partial charge in [0.1, 0.15) is 10.6 Å². The summed E-state index contributed by atoms with van der Waals surface area (Å²) in [7, 11) is -3.94. The number of sulfonamides is 1. The molecule has 0 atom stereocenters. The molecule has 0 aliphatic rings. The Morgan fingerprint density at radius 1 is 1.43 bits per heavy atom. The van der Waals surface area contributed by atoms with E-state index in [1.165, 1.54) is 18.2 Å². The van der Waals surface area contributed by atoms with E-state index < -0.39 is 10.0 Å². The van der Waals surface area contributed by atoms with E-state index in [-0.39, 0.29) is 28.2 Å². The van der Waals surface area contributed by atoms with Gasteiger partial charge in [0.2, 0.25) is 21.7 Å². The molecule has 1 heterocycles. The molecule has 1 aromatic heterocycles. The second-order valence-electron chi connectivity index (χ2n) is 4.63. The van der Waals surface area contributed by atoms with Gasteiger partial charge in [-0.3, -0.25) is 0 Å². The van der Waals surface area contributed by atoms with Gasteiger partial charge in [-0.05, 0) is 18.2 Å². The minimum Gasteiger partial charge on any atom is -0.484 e. The lowest BCUT2D eigenvalue weighted by Gasteiger charge is -2.08. The topological polar surface area (TPSA) is 108 Å². The molecule has 0 amide bonds. The van der Waals surface area contributed by atoms with Crippen molar-refractivity contribution in [3.05, 3.63) is 34.9 Å². The fraction of sp³-hybridized carbons (Fsp3) is 0.333. The summed E-state index contributed by atoms with van der Waals surface area (Å²) < 4.78 is 33.4. The quantitative estimate of drug-likeness (QED) is 0.898. The molecule has 2 aromatic rings. The molecule has 0 saturated heterocycles. The summed E-state index contributed by atoms with van der Waals surface area (Å²) in [6.07, 6.45) is 0. The molecule has 21 heavy (non-hydrogen) atoms. The van der Waals surface area contributed by atoms with Crippen LogP contribution in [0.4, 0.5) is 0 Å². The van der Waals surface area contributed by atoms with Gasteiger partial charge in [0, 0.05) is 10.9 Å². The average Bonchev–Trinajstić information content (AvgIpc) is 2.85. The molecule has 2 rings (SSSR count). The van der Waals surface area contributed by atoms with E-state index >= 15 is 0 Å². The van der Waals surface area contributed by atoms with E-state index in [2.05, 4.69) is 10.1 Å². The number of primary sulfonamides is 1. The SMILES string of the molecule is CC(C)c1nc(COc2ccc(Cl)cc2S(N)(=O)=O)no1. The van der Waals surface area contributed by atoms with Crippen molar-refractivity contribution in [2.45, 2.75) is 31.3 Å². The Bertz CT molecular complexity index is 743. The maximum absolute atomic E-state index is 11.5. The Kier molecular flexibility index (Phi) is 4.50. The lowest BCUT2D eigenvalue weighted by Crippen LogP contribution is -2.14. The zero-order chi connectivity index (χ0) is 15.6. The van der Waals surface area contributed by atoms with E-state index in [0.717, 1.165) is 0 Å². The van der Waals surface area contributed by atoms with Crippen LogP contribution in [-0.4, -0.2) is 18.6 Å². The van der Waals surface area contributed by atoms with Crippen molar-refractivity contribution in [2.75, 3.05) is 0 Å². The number of halogens is 1. The lowest BCUT2D eigenvalue weighted by atomic mass is 10.2. The van der Waals surface area contributed by atoms with Gasteiger partial charge >= 0.3 is 0 Å². The van der Waals surface area contributed by atoms with Crippen molar-refractivity contribution < 1.29 is 17.7 Å². The van der Waals surface area contributed by atoms with Crippen LogP contribution in [-0.2, 0) is 16.6 Å². The molecule has 2 N–H and O–H groups in total. The molecule has 114 valence electrons. The highest BCUT2D eigenvalue weighted by molar-refractivity contribution is 7.89. The second kappa shape index (κ2) is 6.00. The van der Waals surface area contributed by atoms with Crippen molar-refractivity contribution in [3.63, 3.8) is 0 Å². The fourth-order valence-electron chi connectivity index (χ4n) is 1.53. The molecule has 7 nitrogen and oxygen atoms in total. The molecule has 0 bridgehead atoms. The van der Waals surface area contributed by atoms with Crippen LogP contribution in [0.15, 0.2) is 27.6 Å². The van der Waals surface area contributed by atoms with Crippen LogP contribution in [0.3, 0.4) is 0 Å². The number of ether oxygens (including phenoxy) is 1. The van der Waals surface area contributed by atoms with Crippen LogP contribution in [0.2, 0.25) is 5.02 Å². The monoisotopic (exact) mass is 331 g/mol. The highest BCUT2D eigenvalue weighted by atomic mass is 35.5. The van der Waals surface area contributed by atoms with Crippen LogP contribution < -0.4 is 9.88 Å². The van der Waals surface area contributed by atoms with Gasteiger partial charge in [0.25, 0.3) is 0 Å². The fourth-order valence-corrected chi connectivity index (χ4v) is 2.46. The Morgan fingerprint density at radius 2 is 2.14 bits per heavy atom. The predicted octanol–water partition coefficient (Wildman–Crippen LogP) is 2.07. The average molecular weight is 332 g/mol. The van der Waals surface area contributed by atoms with E-state index in [1.807, 2.05) is 13.8 Å². The van der Waals surface area contributed by atoms with Gasteiger partial charge in [0.15, 0.2) is 6.61 Å². The van der Waals surface area contributed by atoms with E-state index in [0.29, 0.717) is 11.7 Å². The van der Waals surface area contributed by atoms with Crippen LogP contribution in [0.25, 0.3) is 0 Å². The zero-order valence-corrected chi connectivity index (χ0v) is 13.0. The molecule has 0 radical (unpaired) electrons. The molecule has 0 spiro atoms. The molecular formula is C12H14ClN3O4S. The Balaban J connectivity index is 2.20. The summed E-state index contributed by atoms with van der Waals surface area (Å²) in [5.74, 6) is 0.977. The van der Waals surface area contributed by atoms with Gasteiger partial charge in [-0.25, -0.2) is 13.6 Å². The third kappa shape index (κ3) is 3.93. The first-order valence-electron chi connectivity index (χ1n) is 6.05. The summed E-state index contributed by atoms with van der Waals surface area (Å²) in [5.41, 5.74) is 0. The third-order valence-electron chi connectivity index (χ3n) is 2.55. The summed E-state index contributed by atoms with van der Waals surface area (Å²) in [6.45, 7) is 3.78. The number of benzene rings is 1. The number of aromatic nitrogens is 2. The van der Waals surface area contributed by atoms with Crippen molar-refractivity contribution in [3.8, 4) is 5.75 Å². The number of nitrogens with zero attached hydrogens (tertiary/aromatic N) is 2. The summed E-state index contributed by atoms with van der Waals surface area (Å²) in [5, 5.41) is 9.11. The van der Waals surface area contributed by atoms with Gasteiger partial charge < -0.3 is 9.26 Å². The largest absolute Gasteiger partial charge is 0.484 e. The molecule has 0 unspecified atom stereocenters. The molecule has 0 saturated carbocycles. The van der Waals surface area contributed by atoms with Crippen molar-refractivity contribution in [2.24, 2.45) is 5.14 Å². The van der Waals surface area contributed by atoms with E-state index in [1.54, 1.807) is 0 Å². The molecular weight excluding hydrogens is 318 g/mol. The minimum atomic E-state index is -3.94. The Morgan fingerprint density at radius 3 is 2.71 bits per heavy atom. The van der Waals surface area contributed by atoms with Gasteiger partial charge in [-0.2, -0.15) is 4.98 Å². The van der Waals surface area contributed by atoms with Crippen molar-refractivity contribution >= 4 is 21.6 Å². The zero-order valence-electron chi connectivity index (χ0n) is 11.4. The number of hydrogen-bond acceptors (Lipinski definition) is 6. The molecule has 0 aliphatic carbocycles. The van der Waals surface area contributed by atoms with E-state index in [4.69, 9.17) is 26.0 Å². The predicted molar refractivity (Wildman–Crippen MR) is 75.5 cm³/mol. The van der Waals surface area contributed by atoms with Crippen molar-refractivity contribution in [1.82, 2.24) is 10.1 Å². The number of hydrogen-bond donors (Lipinski definition) is 1. The third-order valence-corrected chi connectivity index (χ3v) is 3.71. The molecule has 0 aliphatic heterocycles. The highest BCUT2D eigenvalue weighted by Gasteiger charge is 2.17. The number of nitrogens with two attached hydrogens (primary N) is 1. The standard InChI is InChI=1S/C12H14ClN3O4S/c1-7(2)12-15-11(16-20-12)6-19-9-4-3-8(13)5-10(9)21(14,17)18/h3-5,7H,6H2,1-2H3,(H2,14,17,18).